The van der Waals surface area contributed by atoms with Gasteiger partial charge in [-0.05, 0) is 42.5 Å². The number of carbonyl (C=O) groups excluding carboxylic acids is 1. The lowest BCUT2D eigenvalue weighted by Crippen LogP contribution is -2.43. The number of aliphatic hydroxyl groups excluding tert-OH is 1. The van der Waals surface area contributed by atoms with Crippen LogP contribution in [0, 0.1) is 5.82 Å². The second kappa shape index (κ2) is 9.87. The van der Waals surface area contributed by atoms with Gasteiger partial charge in [0.15, 0.2) is 10.6 Å². The third-order valence-corrected chi connectivity index (χ3v) is 7.54. The molecule has 4 rings (SSSR count). The first-order valence-electron chi connectivity index (χ1n) is 11.5. The molecule has 1 aromatic carbocycles. The average molecular weight is 529 g/mol. The summed E-state index contributed by atoms with van der Waals surface area (Å²) in [6.07, 6.45) is -0.743. The molecule has 36 heavy (non-hydrogen) atoms. The monoisotopic (exact) mass is 528 g/mol. The lowest BCUT2D eigenvalue weighted by molar-refractivity contribution is -0.128. The first-order chi connectivity index (χ1) is 16.9. The minimum atomic E-state index is -4.40. The lowest BCUT2D eigenvalue weighted by atomic mass is 9.82. The highest BCUT2D eigenvalue weighted by Gasteiger charge is 2.54. The molecule has 0 radical (unpaired) electrons. The molecule has 1 amide bonds. The number of hydrogen-bond donors (Lipinski definition) is 4. The molecule has 0 unspecified atom stereocenters. The molecule has 5 N–H and O–H groups in total. The number of sulfonamides is 1. The summed E-state index contributed by atoms with van der Waals surface area (Å²) in [4.78, 5) is 16.9. The van der Waals surface area contributed by atoms with Crippen LogP contribution in [0.1, 0.15) is 50.0 Å². The number of nitrogens with one attached hydrogen (secondary N) is 2. The van der Waals surface area contributed by atoms with E-state index in [1.165, 1.54) is 30.3 Å². The van der Waals surface area contributed by atoms with Crippen LogP contribution in [0.15, 0.2) is 41.4 Å². The van der Waals surface area contributed by atoms with E-state index in [9.17, 15) is 26.4 Å². The highest BCUT2D eigenvalue weighted by atomic mass is 32.2. The van der Waals surface area contributed by atoms with Crippen molar-refractivity contribution < 1.29 is 36.2 Å². The summed E-state index contributed by atoms with van der Waals surface area (Å²) >= 11 is 0. The summed E-state index contributed by atoms with van der Waals surface area (Å²) in [6.45, 7) is -0.416. The van der Waals surface area contributed by atoms with Gasteiger partial charge in [0.1, 0.15) is 17.4 Å². The molecule has 0 spiro atoms. The Labute approximate surface area is 206 Å². The zero-order valence-corrected chi connectivity index (χ0v) is 20.0. The molecule has 0 aliphatic heterocycles. The molecular formula is C23H27F3N4O5S. The maximum Gasteiger partial charge on any atom is 0.281 e. The summed E-state index contributed by atoms with van der Waals surface area (Å²) < 4.78 is 74.8. The lowest BCUT2D eigenvalue weighted by Gasteiger charge is -2.30. The van der Waals surface area contributed by atoms with Crippen molar-refractivity contribution in [2.75, 3.05) is 11.9 Å². The highest BCUT2D eigenvalue weighted by molar-refractivity contribution is 7.90. The summed E-state index contributed by atoms with van der Waals surface area (Å²) in [6, 6.07) is 7.75. The van der Waals surface area contributed by atoms with Crippen LogP contribution in [0.5, 0.6) is 5.75 Å². The van der Waals surface area contributed by atoms with Crippen molar-refractivity contribution in [1.82, 2.24) is 9.71 Å². The van der Waals surface area contributed by atoms with E-state index in [0.717, 1.165) is 6.07 Å². The largest absolute Gasteiger partial charge is 0.477 e. The van der Waals surface area contributed by atoms with E-state index in [4.69, 9.17) is 15.6 Å². The molecule has 13 heteroatoms. The number of carbonyl (C=O) groups is 1. The number of alkyl halides is 2. The van der Waals surface area contributed by atoms with E-state index in [1.54, 1.807) is 0 Å². The fourth-order valence-electron chi connectivity index (χ4n) is 4.13. The minimum Gasteiger partial charge on any atom is -0.477 e. The van der Waals surface area contributed by atoms with Crippen molar-refractivity contribution in [2.45, 2.75) is 67.2 Å². The van der Waals surface area contributed by atoms with Crippen molar-refractivity contribution in [1.29, 1.82) is 0 Å². The van der Waals surface area contributed by atoms with Gasteiger partial charge in [-0.15, -0.1) is 0 Å². The molecule has 2 saturated carbocycles. The van der Waals surface area contributed by atoms with Crippen LogP contribution in [0.25, 0.3) is 0 Å². The number of hydrogen-bond acceptors (Lipinski definition) is 8. The van der Waals surface area contributed by atoms with E-state index in [1.807, 2.05) is 4.72 Å². The quantitative estimate of drug-likeness (QED) is 0.364. The summed E-state index contributed by atoms with van der Waals surface area (Å²) in [5, 5.41) is 11.2. The number of benzene rings is 1. The third kappa shape index (κ3) is 5.90. The molecule has 2 aromatic rings. The van der Waals surface area contributed by atoms with Crippen molar-refractivity contribution in [2.24, 2.45) is 5.73 Å². The van der Waals surface area contributed by atoms with Crippen LogP contribution < -0.4 is 20.5 Å². The van der Waals surface area contributed by atoms with Crippen LogP contribution in [0.3, 0.4) is 0 Å². The average Bonchev–Trinajstić information content (AvgIpc) is 3.60. The predicted molar refractivity (Wildman–Crippen MR) is 123 cm³/mol. The molecule has 1 heterocycles. The zero-order chi connectivity index (χ0) is 26.1. The van der Waals surface area contributed by atoms with Gasteiger partial charge in [-0.1, -0.05) is 12.1 Å². The number of halogens is 3. The van der Waals surface area contributed by atoms with Crippen molar-refractivity contribution >= 4 is 21.7 Å². The van der Waals surface area contributed by atoms with Gasteiger partial charge >= 0.3 is 0 Å². The maximum atomic E-state index is 14.0. The highest BCUT2D eigenvalue weighted by Crippen LogP contribution is 2.47. The molecule has 1 atom stereocenters. The van der Waals surface area contributed by atoms with Crippen molar-refractivity contribution in [3.63, 3.8) is 0 Å². The van der Waals surface area contributed by atoms with Crippen molar-refractivity contribution in [3.8, 4) is 5.75 Å². The zero-order valence-electron chi connectivity index (χ0n) is 19.2. The molecule has 2 aliphatic carbocycles. The van der Waals surface area contributed by atoms with Gasteiger partial charge in [-0.2, -0.15) is 8.42 Å². The number of ether oxygens (including phenoxy) is 1. The van der Waals surface area contributed by atoms with Gasteiger partial charge in [-0.3, -0.25) is 4.79 Å². The molecule has 0 bridgehead atoms. The number of aliphatic hydroxyl groups is 1. The minimum absolute atomic E-state index is 0.0394. The number of aromatic nitrogens is 1. The van der Waals surface area contributed by atoms with Crippen LogP contribution in [0.4, 0.5) is 19.0 Å². The SMILES string of the molecule is N[C@@H](CO)Nc1cccc(S(=O)(=O)NC(=O)C2(Oc3cc(F)ccc3C3CCC(F)(F)CC3)CC2)n1. The number of amides is 1. The van der Waals surface area contributed by atoms with Gasteiger partial charge in [0, 0.05) is 31.7 Å². The normalized spacial score (nSPS) is 19.8. The summed E-state index contributed by atoms with van der Waals surface area (Å²) in [5.41, 5.74) is 4.54. The molecule has 196 valence electrons. The Bertz CT molecular complexity index is 1230. The van der Waals surface area contributed by atoms with Gasteiger partial charge in [-0.25, -0.2) is 22.9 Å². The molecule has 1 aromatic heterocycles. The van der Waals surface area contributed by atoms with E-state index < -0.39 is 51.1 Å². The topological polar surface area (TPSA) is 144 Å². The molecular weight excluding hydrogens is 501 g/mol. The Hall–Kier alpha value is -2.90. The second-order valence-corrected chi connectivity index (χ2v) is 10.8. The second-order valence-electron chi connectivity index (χ2n) is 9.14. The van der Waals surface area contributed by atoms with E-state index in [-0.39, 0.29) is 56.0 Å². The fourth-order valence-corrected chi connectivity index (χ4v) is 5.14. The van der Waals surface area contributed by atoms with Crippen LogP contribution >= 0.6 is 0 Å². The number of rotatable bonds is 9. The van der Waals surface area contributed by atoms with Crippen molar-refractivity contribution in [3.05, 3.63) is 47.8 Å². The maximum absolute atomic E-state index is 14.0. The van der Waals surface area contributed by atoms with E-state index in [0.29, 0.717) is 5.56 Å². The Morgan fingerprint density at radius 1 is 1.19 bits per heavy atom. The number of anilines is 1. The van der Waals surface area contributed by atoms with Crippen LogP contribution in [0.2, 0.25) is 0 Å². The first kappa shape index (κ1) is 26.2. The third-order valence-electron chi connectivity index (χ3n) is 6.31. The Balaban J connectivity index is 1.50. The van der Waals surface area contributed by atoms with Crippen LogP contribution in [-0.4, -0.2) is 48.7 Å². The molecule has 2 fully saturated rings. The Morgan fingerprint density at radius 2 is 1.89 bits per heavy atom. The number of nitrogens with zero attached hydrogens (tertiary/aromatic N) is 1. The van der Waals surface area contributed by atoms with Crippen LogP contribution in [-0.2, 0) is 14.8 Å². The smallest absolute Gasteiger partial charge is 0.281 e. The standard InChI is InChI=1S/C23H27F3N4O5S/c24-15-4-5-16(14-6-8-23(25,26)9-7-14)17(12-15)35-22(10-11-22)21(32)30-36(33,34)20-3-1-2-19(29-20)28-18(27)13-31/h1-5,12,14,18,31H,6-11,13,27H2,(H,28,29)(H,30,32)/t18-/m1/s1. The summed E-state index contributed by atoms with van der Waals surface area (Å²) in [5.74, 6) is -4.50. The Kier molecular flexibility index (Phi) is 7.17. The predicted octanol–water partition coefficient (Wildman–Crippen LogP) is 2.62. The fraction of sp³-hybridized carbons (Fsp3) is 0.478. The first-order valence-corrected chi connectivity index (χ1v) is 12.9. The summed E-state index contributed by atoms with van der Waals surface area (Å²) in [7, 11) is -4.40. The number of pyridine rings is 1. The number of nitrogens with two attached hydrogens (primary N) is 1. The van der Waals surface area contributed by atoms with Gasteiger partial charge < -0.3 is 20.9 Å². The molecule has 0 saturated heterocycles. The molecule has 2 aliphatic rings. The van der Waals surface area contributed by atoms with Gasteiger partial charge in [0.25, 0.3) is 15.9 Å². The van der Waals surface area contributed by atoms with E-state index >= 15 is 0 Å². The molecule has 9 nitrogen and oxygen atoms in total. The Morgan fingerprint density at radius 3 is 2.53 bits per heavy atom. The van der Waals surface area contributed by atoms with Gasteiger partial charge in [0.2, 0.25) is 5.92 Å². The van der Waals surface area contributed by atoms with E-state index in [2.05, 4.69) is 10.3 Å². The van der Waals surface area contributed by atoms with Gasteiger partial charge in [0.05, 0.1) is 12.8 Å².